The molecule has 4 nitrogen and oxygen atoms in total. The lowest BCUT2D eigenvalue weighted by atomic mass is 10.1. The lowest BCUT2D eigenvalue weighted by Crippen LogP contribution is -2.36. The Morgan fingerprint density at radius 2 is 2.05 bits per heavy atom. The largest absolute Gasteiger partial charge is 0.352 e. The van der Waals surface area contributed by atoms with Crippen LogP contribution in [0.1, 0.15) is 6.42 Å². The topological polar surface area (TPSA) is 49.4 Å². The summed E-state index contributed by atoms with van der Waals surface area (Å²) in [5.41, 5.74) is 0.877. The molecule has 2 aromatic rings. The van der Waals surface area contributed by atoms with Crippen LogP contribution in [0.3, 0.4) is 0 Å². The van der Waals surface area contributed by atoms with Gasteiger partial charge >= 0.3 is 0 Å². The number of nitrogens with one attached hydrogen (secondary N) is 1. The molecule has 22 heavy (non-hydrogen) atoms. The van der Waals surface area contributed by atoms with E-state index in [9.17, 15) is 9.59 Å². The second-order valence-corrected chi connectivity index (χ2v) is 5.36. The number of benzene rings is 2. The van der Waals surface area contributed by atoms with Crippen molar-refractivity contribution in [1.29, 1.82) is 0 Å². The van der Waals surface area contributed by atoms with Crippen molar-refractivity contribution in [3.63, 3.8) is 0 Å². The van der Waals surface area contributed by atoms with E-state index in [-0.39, 0.29) is 11.8 Å². The van der Waals surface area contributed by atoms with E-state index >= 15 is 0 Å². The van der Waals surface area contributed by atoms with Crippen molar-refractivity contribution in [2.45, 2.75) is 6.42 Å². The summed E-state index contributed by atoms with van der Waals surface area (Å²) >= 11 is 0. The minimum absolute atomic E-state index is 0.127. The monoisotopic (exact) mass is 294 g/mol. The van der Waals surface area contributed by atoms with Gasteiger partial charge in [-0.05, 0) is 17.9 Å². The summed E-state index contributed by atoms with van der Waals surface area (Å²) in [5, 5.41) is 4.83. The zero-order chi connectivity index (χ0) is 15.5. The molecule has 1 unspecified atom stereocenters. The van der Waals surface area contributed by atoms with Crippen LogP contribution >= 0.6 is 0 Å². The quantitative estimate of drug-likeness (QED) is 0.696. The van der Waals surface area contributed by atoms with Gasteiger partial charge in [0.05, 0.1) is 5.69 Å². The molecule has 1 atom stereocenters. The third-order valence-electron chi connectivity index (χ3n) is 4.00. The first-order valence-electron chi connectivity index (χ1n) is 7.40. The predicted octanol–water partition coefficient (Wildman–Crippen LogP) is 2.49. The molecular formula is C18H18N2O2. The molecule has 1 saturated heterocycles. The Morgan fingerprint density at radius 3 is 2.86 bits per heavy atom. The molecule has 1 heterocycles. The SMILES string of the molecule is C=CCNC(=O)C1CCN(c2cccc3ccccc23)C1=O. The Balaban J connectivity index is 1.88. The third kappa shape index (κ3) is 2.48. The average Bonchev–Trinajstić information content (AvgIpc) is 2.93. The van der Waals surface area contributed by atoms with Crippen molar-refractivity contribution in [2.24, 2.45) is 5.92 Å². The van der Waals surface area contributed by atoms with Gasteiger partial charge in [0.25, 0.3) is 0 Å². The highest BCUT2D eigenvalue weighted by atomic mass is 16.2. The van der Waals surface area contributed by atoms with Crippen molar-refractivity contribution in [3.8, 4) is 0 Å². The molecular weight excluding hydrogens is 276 g/mol. The first-order chi connectivity index (χ1) is 10.7. The van der Waals surface area contributed by atoms with Gasteiger partial charge in [0.1, 0.15) is 5.92 Å². The highest BCUT2D eigenvalue weighted by molar-refractivity contribution is 6.12. The van der Waals surface area contributed by atoms with Gasteiger partial charge in [-0.25, -0.2) is 0 Å². The Kier molecular flexibility index (Phi) is 3.92. The number of carbonyl (C=O) groups is 2. The fourth-order valence-electron chi connectivity index (χ4n) is 2.90. The van der Waals surface area contributed by atoms with Gasteiger partial charge in [-0.1, -0.05) is 42.5 Å². The number of fused-ring (bicyclic) bond motifs is 1. The summed E-state index contributed by atoms with van der Waals surface area (Å²) in [4.78, 5) is 26.4. The maximum atomic E-state index is 12.6. The molecule has 0 bridgehead atoms. The van der Waals surface area contributed by atoms with Crippen molar-refractivity contribution in [2.75, 3.05) is 18.0 Å². The van der Waals surface area contributed by atoms with Gasteiger partial charge in [-0.2, -0.15) is 0 Å². The molecule has 0 aromatic heterocycles. The summed E-state index contributed by atoms with van der Waals surface area (Å²) in [6, 6.07) is 13.9. The molecule has 0 spiro atoms. The van der Waals surface area contributed by atoms with Gasteiger partial charge < -0.3 is 10.2 Å². The van der Waals surface area contributed by atoms with E-state index in [2.05, 4.69) is 11.9 Å². The highest BCUT2D eigenvalue weighted by Gasteiger charge is 2.37. The summed E-state index contributed by atoms with van der Waals surface area (Å²) in [7, 11) is 0. The van der Waals surface area contributed by atoms with Crippen LogP contribution in [0.4, 0.5) is 5.69 Å². The van der Waals surface area contributed by atoms with Gasteiger partial charge in [0.2, 0.25) is 11.8 Å². The molecule has 1 aliphatic rings. The third-order valence-corrected chi connectivity index (χ3v) is 4.00. The van der Waals surface area contributed by atoms with Gasteiger partial charge in [-0.3, -0.25) is 9.59 Å². The molecule has 1 fully saturated rings. The smallest absolute Gasteiger partial charge is 0.239 e. The number of amides is 2. The molecule has 2 amide bonds. The minimum atomic E-state index is -0.598. The van der Waals surface area contributed by atoms with Gasteiger partial charge in [-0.15, -0.1) is 6.58 Å². The number of hydrogen-bond acceptors (Lipinski definition) is 2. The fraction of sp³-hybridized carbons (Fsp3) is 0.222. The molecule has 112 valence electrons. The van der Waals surface area contributed by atoms with Gasteiger partial charge in [0.15, 0.2) is 0 Å². The molecule has 1 aliphatic heterocycles. The average molecular weight is 294 g/mol. The normalized spacial score (nSPS) is 17.7. The Hall–Kier alpha value is -2.62. The van der Waals surface area contributed by atoms with Crippen LogP contribution in [-0.4, -0.2) is 24.9 Å². The van der Waals surface area contributed by atoms with E-state index in [0.717, 1.165) is 16.5 Å². The Labute approximate surface area is 129 Å². The van der Waals surface area contributed by atoms with E-state index in [1.165, 1.54) is 0 Å². The van der Waals surface area contributed by atoms with Crippen LogP contribution in [0.5, 0.6) is 0 Å². The van der Waals surface area contributed by atoms with Crippen LogP contribution < -0.4 is 10.2 Å². The van der Waals surface area contributed by atoms with Gasteiger partial charge in [0, 0.05) is 18.5 Å². The minimum Gasteiger partial charge on any atom is -0.352 e. The molecule has 0 radical (unpaired) electrons. The zero-order valence-electron chi connectivity index (χ0n) is 12.3. The zero-order valence-corrected chi connectivity index (χ0v) is 12.3. The predicted molar refractivity (Wildman–Crippen MR) is 87.6 cm³/mol. The second-order valence-electron chi connectivity index (χ2n) is 5.36. The number of carbonyl (C=O) groups excluding carboxylic acids is 2. The van der Waals surface area contributed by atoms with E-state index in [1.807, 2.05) is 42.5 Å². The number of rotatable bonds is 4. The first-order valence-corrected chi connectivity index (χ1v) is 7.40. The summed E-state index contributed by atoms with van der Waals surface area (Å²) in [6.45, 7) is 4.52. The molecule has 1 N–H and O–H groups in total. The number of hydrogen-bond donors (Lipinski definition) is 1. The van der Waals surface area contributed by atoms with E-state index < -0.39 is 5.92 Å². The fourth-order valence-corrected chi connectivity index (χ4v) is 2.90. The number of anilines is 1. The van der Waals surface area contributed by atoms with E-state index in [0.29, 0.717) is 19.5 Å². The van der Waals surface area contributed by atoms with Crippen LogP contribution in [-0.2, 0) is 9.59 Å². The van der Waals surface area contributed by atoms with Crippen molar-refractivity contribution in [1.82, 2.24) is 5.32 Å². The van der Waals surface area contributed by atoms with Crippen LogP contribution in [0.25, 0.3) is 10.8 Å². The Bertz CT molecular complexity index is 733. The first kappa shape index (κ1) is 14.3. The Morgan fingerprint density at radius 1 is 1.27 bits per heavy atom. The molecule has 3 rings (SSSR count). The maximum Gasteiger partial charge on any atom is 0.239 e. The molecule has 0 aliphatic carbocycles. The van der Waals surface area contributed by atoms with E-state index in [4.69, 9.17) is 0 Å². The van der Waals surface area contributed by atoms with Crippen LogP contribution in [0.2, 0.25) is 0 Å². The maximum absolute atomic E-state index is 12.6. The standard InChI is InChI=1S/C18H18N2O2/c1-2-11-19-17(21)15-10-12-20(18(15)22)16-9-5-7-13-6-3-4-8-14(13)16/h2-9,15H,1,10-12H2,(H,19,21). The lowest BCUT2D eigenvalue weighted by Gasteiger charge is -2.19. The van der Waals surface area contributed by atoms with Crippen LogP contribution in [0, 0.1) is 5.92 Å². The molecule has 2 aromatic carbocycles. The summed E-state index contributed by atoms with van der Waals surface area (Å²) < 4.78 is 0. The molecule has 4 heteroatoms. The lowest BCUT2D eigenvalue weighted by molar-refractivity contribution is -0.131. The highest BCUT2D eigenvalue weighted by Crippen LogP contribution is 2.31. The summed E-state index contributed by atoms with van der Waals surface area (Å²) in [6.07, 6.45) is 2.16. The number of nitrogens with zero attached hydrogens (tertiary/aromatic N) is 1. The van der Waals surface area contributed by atoms with Crippen LogP contribution in [0.15, 0.2) is 55.1 Å². The molecule has 0 saturated carbocycles. The van der Waals surface area contributed by atoms with Crippen molar-refractivity contribution >= 4 is 28.3 Å². The van der Waals surface area contributed by atoms with Crippen molar-refractivity contribution < 1.29 is 9.59 Å². The summed E-state index contributed by atoms with van der Waals surface area (Å²) in [5.74, 6) is -0.940. The second kappa shape index (κ2) is 6.02. The van der Waals surface area contributed by atoms with Crippen molar-refractivity contribution in [3.05, 3.63) is 55.1 Å². The van der Waals surface area contributed by atoms with E-state index in [1.54, 1.807) is 11.0 Å².